The van der Waals surface area contributed by atoms with Crippen LogP contribution in [0.3, 0.4) is 0 Å². The molecule has 1 saturated carbocycles. The van der Waals surface area contributed by atoms with Gasteiger partial charge in [-0.25, -0.2) is 0 Å². The first-order valence-corrected chi connectivity index (χ1v) is 13.0. The summed E-state index contributed by atoms with van der Waals surface area (Å²) >= 11 is 1.72. The van der Waals surface area contributed by atoms with Crippen LogP contribution in [0.25, 0.3) is 0 Å². The zero-order valence-electron chi connectivity index (χ0n) is 20.0. The van der Waals surface area contributed by atoms with Gasteiger partial charge in [0, 0.05) is 48.5 Å². The number of carbonyl (C=O) groups is 2. The summed E-state index contributed by atoms with van der Waals surface area (Å²) in [4.78, 5) is 34.2. The average Bonchev–Trinajstić information content (AvgIpc) is 3.23. The van der Waals surface area contributed by atoms with Gasteiger partial charge in [0.05, 0.1) is 0 Å². The van der Waals surface area contributed by atoms with Crippen molar-refractivity contribution in [1.82, 2.24) is 20.4 Å². The van der Waals surface area contributed by atoms with E-state index in [1.165, 1.54) is 12.5 Å². The number of rotatable bonds is 9. The molecule has 0 unspecified atom stereocenters. The summed E-state index contributed by atoms with van der Waals surface area (Å²) in [5.41, 5.74) is 1.33. The molecule has 2 aromatic heterocycles. The maximum atomic E-state index is 12.5. The van der Waals surface area contributed by atoms with Crippen LogP contribution in [-0.2, 0) is 27.3 Å². The first kappa shape index (κ1) is 24.9. The van der Waals surface area contributed by atoms with E-state index in [1.807, 2.05) is 36.5 Å². The Morgan fingerprint density at radius 3 is 2.54 bits per heavy atom. The Morgan fingerprint density at radius 2 is 1.86 bits per heavy atom. The third-order valence-corrected chi connectivity index (χ3v) is 7.18. The summed E-state index contributed by atoms with van der Waals surface area (Å²) in [6.45, 7) is 1.52. The quantitative estimate of drug-likeness (QED) is 0.318. The molecule has 184 valence electrons. The van der Waals surface area contributed by atoms with Gasteiger partial charge in [0.15, 0.2) is 5.82 Å². The minimum atomic E-state index is -0.580. The Hall–Kier alpha value is -3.20. The van der Waals surface area contributed by atoms with Gasteiger partial charge in [-0.1, -0.05) is 36.9 Å². The third-order valence-electron chi connectivity index (χ3n) is 6.10. The minimum absolute atomic E-state index is 0.0980. The van der Waals surface area contributed by atoms with E-state index in [9.17, 15) is 9.59 Å². The number of pyridine rings is 1. The zero-order valence-corrected chi connectivity index (χ0v) is 20.8. The van der Waals surface area contributed by atoms with Crippen molar-refractivity contribution in [3.63, 3.8) is 0 Å². The number of amides is 2. The number of thioether (sulfide) groups is 1. The van der Waals surface area contributed by atoms with Crippen molar-refractivity contribution in [2.75, 3.05) is 5.32 Å². The van der Waals surface area contributed by atoms with Crippen molar-refractivity contribution in [3.05, 3.63) is 66.1 Å². The van der Waals surface area contributed by atoms with Gasteiger partial charge < -0.3 is 15.2 Å². The Kier molecular flexibility index (Phi) is 8.52. The normalized spacial score (nSPS) is 15.2. The fourth-order valence-corrected chi connectivity index (χ4v) is 5.19. The number of aryl methyl sites for hydroxylation is 1. The standard InChI is InChI=1S/C26H31N5O3S/c1-19(32)30-26(14-4-2-3-5-15-26)25-29-24(34-31-25)13-12-23(33)28-21-8-10-22(11-9-21)35-18-20-7-6-16-27-17-20/h6-11,16-17H,2-5,12-15,18H2,1H3,(H,28,33)(H,30,32). The Labute approximate surface area is 209 Å². The monoisotopic (exact) mass is 493 g/mol. The van der Waals surface area contributed by atoms with Gasteiger partial charge in [0.25, 0.3) is 0 Å². The maximum absolute atomic E-state index is 12.5. The van der Waals surface area contributed by atoms with Crippen LogP contribution in [0.15, 0.2) is 58.2 Å². The van der Waals surface area contributed by atoms with Gasteiger partial charge in [-0.2, -0.15) is 4.98 Å². The van der Waals surface area contributed by atoms with E-state index in [4.69, 9.17) is 4.52 Å². The van der Waals surface area contributed by atoms with Crippen LogP contribution in [0.2, 0.25) is 0 Å². The van der Waals surface area contributed by atoms with Crippen LogP contribution in [0.1, 0.15) is 69.1 Å². The Morgan fingerprint density at radius 1 is 1.09 bits per heavy atom. The van der Waals surface area contributed by atoms with E-state index in [-0.39, 0.29) is 18.2 Å². The predicted molar refractivity (Wildman–Crippen MR) is 135 cm³/mol. The third kappa shape index (κ3) is 7.14. The largest absolute Gasteiger partial charge is 0.343 e. The van der Waals surface area contributed by atoms with Crippen LogP contribution in [-0.4, -0.2) is 26.9 Å². The Balaban J connectivity index is 1.28. The van der Waals surface area contributed by atoms with Crippen molar-refractivity contribution < 1.29 is 14.1 Å². The lowest BCUT2D eigenvalue weighted by atomic mass is 9.89. The molecule has 1 fully saturated rings. The number of nitrogens with zero attached hydrogens (tertiary/aromatic N) is 3. The SMILES string of the molecule is CC(=O)NC1(c2noc(CCC(=O)Nc3ccc(SCc4cccnc4)cc3)n2)CCCCCC1. The summed E-state index contributed by atoms with van der Waals surface area (Å²) in [5.74, 6) is 1.55. The van der Waals surface area contributed by atoms with Crippen molar-refractivity contribution in [2.45, 2.75) is 74.5 Å². The molecule has 0 saturated heterocycles. The second-order valence-electron chi connectivity index (χ2n) is 8.91. The first-order valence-electron chi connectivity index (χ1n) is 12.1. The lowest BCUT2D eigenvalue weighted by Gasteiger charge is -2.30. The molecule has 2 heterocycles. The zero-order chi connectivity index (χ0) is 24.5. The molecule has 1 aliphatic rings. The average molecular weight is 494 g/mol. The fourth-order valence-electron chi connectivity index (χ4n) is 4.35. The molecule has 2 N–H and O–H groups in total. The Bertz CT molecular complexity index is 1110. The minimum Gasteiger partial charge on any atom is -0.343 e. The molecule has 9 heteroatoms. The van der Waals surface area contributed by atoms with Gasteiger partial charge in [-0.15, -0.1) is 11.8 Å². The van der Waals surface area contributed by atoms with E-state index in [1.54, 1.807) is 18.0 Å². The van der Waals surface area contributed by atoms with Crippen LogP contribution in [0, 0.1) is 0 Å². The molecule has 0 radical (unpaired) electrons. The van der Waals surface area contributed by atoms with Gasteiger partial charge in [0.2, 0.25) is 17.7 Å². The molecule has 0 spiro atoms. The highest BCUT2D eigenvalue weighted by molar-refractivity contribution is 7.98. The van der Waals surface area contributed by atoms with Crippen LogP contribution in [0.5, 0.6) is 0 Å². The van der Waals surface area contributed by atoms with Crippen LogP contribution in [0.4, 0.5) is 5.69 Å². The van der Waals surface area contributed by atoms with Crippen molar-refractivity contribution in [3.8, 4) is 0 Å². The number of nitrogens with one attached hydrogen (secondary N) is 2. The summed E-state index contributed by atoms with van der Waals surface area (Å²) in [7, 11) is 0. The highest BCUT2D eigenvalue weighted by Crippen LogP contribution is 2.34. The molecule has 35 heavy (non-hydrogen) atoms. The van der Waals surface area contributed by atoms with E-state index < -0.39 is 5.54 Å². The maximum Gasteiger partial charge on any atom is 0.227 e. The fraction of sp³-hybridized carbons (Fsp3) is 0.423. The van der Waals surface area contributed by atoms with Crippen LogP contribution < -0.4 is 10.6 Å². The van der Waals surface area contributed by atoms with E-state index in [0.717, 1.165) is 54.9 Å². The highest BCUT2D eigenvalue weighted by atomic mass is 32.2. The molecule has 1 aromatic carbocycles. The first-order chi connectivity index (χ1) is 17.0. The van der Waals surface area contributed by atoms with E-state index in [2.05, 4.69) is 31.8 Å². The number of anilines is 1. The molecule has 2 amide bonds. The van der Waals surface area contributed by atoms with Crippen LogP contribution >= 0.6 is 11.8 Å². The van der Waals surface area contributed by atoms with Gasteiger partial charge >= 0.3 is 0 Å². The molecular formula is C26H31N5O3S. The topological polar surface area (TPSA) is 110 Å². The number of aromatic nitrogens is 3. The van der Waals surface area contributed by atoms with Gasteiger partial charge in [0.1, 0.15) is 5.54 Å². The molecule has 8 nitrogen and oxygen atoms in total. The van der Waals surface area contributed by atoms with Gasteiger partial charge in [-0.05, 0) is 48.7 Å². The van der Waals surface area contributed by atoms with Crippen molar-refractivity contribution >= 4 is 29.3 Å². The molecule has 0 bridgehead atoms. The molecule has 1 aliphatic carbocycles. The molecule has 0 aliphatic heterocycles. The summed E-state index contributed by atoms with van der Waals surface area (Å²) in [6.07, 6.45) is 10.1. The summed E-state index contributed by atoms with van der Waals surface area (Å²) in [6, 6.07) is 11.8. The molecular weight excluding hydrogens is 462 g/mol. The molecule has 0 atom stereocenters. The van der Waals surface area contributed by atoms with Gasteiger partial charge in [-0.3, -0.25) is 14.6 Å². The second-order valence-corrected chi connectivity index (χ2v) is 9.96. The smallest absolute Gasteiger partial charge is 0.227 e. The second kappa shape index (κ2) is 12.0. The highest BCUT2D eigenvalue weighted by Gasteiger charge is 2.38. The number of carbonyl (C=O) groups excluding carboxylic acids is 2. The summed E-state index contributed by atoms with van der Waals surface area (Å²) in [5, 5.41) is 10.2. The predicted octanol–water partition coefficient (Wildman–Crippen LogP) is 5.01. The summed E-state index contributed by atoms with van der Waals surface area (Å²) < 4.78 is 5.45. The van der Waals surface area contributed by atoms with E-state index in [0.29, 0.717) is 18.1 Å². The number of hydrogen-bond acceptors (Lipinski definition) is 7. The van der Waals surface area contributed by atoms with Crippen molar-refractivity contribution in [2.24, 2.45) is 0 Å². The number of benzene rings is 1. The lowest BCUT2D eigenvalue weighted by molar-refractivity contribution is -0.121. The molecule has 4 rings (SSSR count). The van der Waals surface area contributed by atoms with E-state index >= 15 is 0 Å². The number of hydrogen-bond donors (Lipinski definition) is 2. The lowest BCUT2D eigenvalue weighted by Crippen LogP contribution is -2.45. The molecule has 3 aromatic rings. The van der Waals surface area contributed by atoms with Crippen molar-refractivity contribution in [1.29, 1.82) is 0 Å².